The molecule has 0 fully saturated rings. The Labute approximate surface area is 161 Å². The maximum Gasteiger partial charge on any atom is 0.270 e. The van der Waals surface area contributed by atoms with Crippen LogP contribution in [0.1, 0.15) is 21.5 Å². The molecule has 138 valence electrons. The number of benzene rings is 3. The van der Waals surface area contributed by atoms with Crippen molar-refractivity contribution in [1.29, 1.82) is 0 Å². The number of hydrogen-bond acceptors (Lipinski definition) is 4. The molecule has 1 amide bonds. The zero-order valence-corrected chi connectivity index (χ0v) is 14.7. The smallest absolute Gasteiger partial charge is 0.270 e. The Bertz CT molecular complexity index is 1040. The Morgan fingerprint density at radius 3 is 2.21 bits per heavy atom. The minimum atomic E-state index is -0.490. The largest absolute Gasteiger partial charge is 0.323 e. The highest BCUT2D eigenvalue weighted by Gasteiger charge is 2.08. The topological polar surface area (TPSA) is 89.3 Å². The fourth-order valence-corrected chi connectivity index (χ4v) is 2.56. The van der Waals surface area contributed by atoms with E-state index < -0.39 is 4.92 Å². The van der Waals surface area contributed by atoms with Gasteiger partial charge >= 0.3 is 0 Å². The molecule has 0 radical (unpaired) electrons. The fourth-order valence-electron chi connectivity index (χ4n) is 2.56. The molecule has 0 unspecified atom stereocenters. The fraction of sp³-hybridized carbons (Fsp3) is 0. The quantitative estimate of drug-likeness (QED) is 0.299. The highest BCUT2D eigenvalue weighted by atomic mass is 16.6. The van der Waals surface area contributed by atoms with E-state index in [1.807, 2.05) is 6.07 Å². The molecule has 0 heterocycles. The first kappa shape index (κ1) is 18.7. The van der Waals surface area contributed by atoms with E-state index in [4.69, 9.17) is 0 Å². The molecule has 1 N–H and O–H groups in total. The van der Waals surface area contributed by atoms with E-state index in [0.29, 0.717) is 22.4 Å². The first-order chi connectivity index (χ1) is 13.5. The zero-order chi connectivity index (χ0) is 19.9. The van der Waals surface area contributed by atoms with Gasteiger partial charge in [-0.1, -0.05) is 42.5 Å². The van der Waals surface area contributed by atoms with Gasteiger partial charge in [-0.05, 0) is 35.9 Å². The predicted molar refractivity (Wildman–Crippen MR) is 107 cm³/mol. The highest BCUT2D eigenvalue weighted by Crippen LogP contribution is 2.16. The normalized spacial score (nSPS) is 10.6. The number of nitro benzene ring substituents is 1. The predicted octanol–water partition coefficient (Wildman–Crippen LogP) is 4.48. The molecule has 6 nitrogen and oxygen atoms in total. The van der Waals surface area contributed by atoms with E-state index in [1.54, 1.807) is 60.7 Å². The average molecular weight is 372 g/mol. The summed E-state index contributed by atoms with van der Waals surface area (Å²) in [5, 5.41) is 13.5. The lowest BCUT2D eigenvalue weighted by Crippen LogP contribution is -2.08. The van der Waals surface area contributed by atoms with Crippen molar-refractivity contribution in [3.8, 4) is 0 Å². The molecule has 0 spiro atoms. The van der Waals surface area contributed by atoms with Gasteiger partial charge in [-0.25, -0.2) is 0 Å². The molecule has 0 aromatic heterocycles. The Balaban J connectivity index is 1.64. The van der Waals surface area contributed by atoms with Gasteiger partial charge in [0.15, 0.2) is 5.78 Å². The monoisotopic (exact) mass is 372 g/mol. The molecule has 0 atom stereocenters. The minimum Gasteiger partial charge on any atom is -0.323 e. The Hall–Kier alpha value is -4.06. The molecule has 3 aromatic rings. The first-order valence-electron chi connectivity index (χ1n) is 8.46. The second kappa shape index (κ2) is 8.55. The van der Waals surface area contributed by atoms with Crippen LogP contribution in [0.15, 0.2) is 84.9 Å². The second-order valence-electron chi connectivity index (χ2n) is 5.95. The molecule has 28 heavy (non-hydrogen) atoms. The van der Waals surface area contributed by atoms with Crippen LogP contribution in [0.2, 0.25) is 0 Å². The van der Waals surface area contributed by atoms with Crippen molar-refractivity contribution in [2.45, 2.75) is 0 Å². The van der Waals surface area contributed by atoms with Gasteiger partial charge in [0.1, 0.15) is 0 Å². The molecule has 0 aliphatic heterocycles. The molecule has 6 heteroatoms. The van der Waals surface area contributed by atoms with E-state index in [0.717, 1.165) is 0 Å². The van der Waals surface area contributed by atoms with Gasteiger partial charge in [0.05, 0.1) is 4.92 Å². The first-order valence-corrected chi connectivity index (χ1v) is 8.46. The van der Waals surface area contributed by atoms with Crippen LogP contribution in [-0.4, -0.2) is 16.6 Å². The van der Waals surface area contributed by atoms with E-state index in [1.165, 1.54) is 24.3 Å². The number of nitro groups is 1. The zero-order valence-electron chi connectivity index (χ0n) is 14.7. The van der Waals surface area contributed by atoms with Gasteiger partial charge < -0.3 is 5.32 Å². The van der Waals surface area contributed by atoms with Crippen LogP contribution < -0.4 is 5.32 Å². The van der Waals surface area contributed by atoms with E-state index in [-0.39, 0.29) is 17.4 Å². The number of rotatable bonds is 6. The Kier molecular flexibility index (Phi) is 5.72. The third-order valence-electron chi connectivity index (χ3n) is 3.96. The minimum absolute atomic E-state index is 0.0405. The molecule has 0 saturated heterocycles. The van der Waals surface area contributed by atoms with E-state index in [2.05, 4.69) is 5.32 Å². The summed E-state index contributed by atoms with van der Waals surface area (Å²) < 4.78 is 0. The number of carbonyl (C=O) groups is 2. The van der Waals surface area contributed by atoms with Crippen LogP contribution in [0.4, 0.5) is 11.4 Å². The van der Waals surface area contributed by atoms with Gasteiger partial charge in [0, 0.05) is 35.0 Å². The summed E-state index contributed by atoms with van der Waals surface area (Å²) in [5.74, 6) is -0.474. The van der Waals surface area contributed by atoms with Crippen LogP contribution in [-0.2, 0) is 4.79 Å². The SMILES string of the molecule is O=C(C=Cc1cccc([N+](=O)[O-])c1)Nc1ccc(C(=O)c2ccccc2)cc1. The highest BCUT2D eigenvalue weighted by molar-refractivity contribution is 6.09. The molecular formula is C22H16N2O4. The number of carbonyl (C=O) groups excluding carboxylic acids is 2. The Morgan fingerprint density at radius 2 is 1.54 bits per heavy atom. The van der Waals surface area contributed by atoms with Crippen molar-refractivity contribution in [1.82, 2.24) is 0 Å². The lowest BCUT2D eigenvalue weighted by molar-refractivity contribution is -0.384. The maximum absolute atomic E-state index is 12.4. The van der Waals surface area contributed by atoms with Crippen molar-refractivity contribution in [2.24, 2.45) is 0 Å². The van der Waals surface area contributed by atoms with Crippen LogP contribution >= 0.6 is 0 Å². The summed E-state index contributed by atoms with van der Waals surface area (Å²) in [4.78, 5) is 34.7. The molecule has 0 saturated carbocycles. The number of ketones is 1. The average Bonchev–Trinajstić information content (AvgIpc) is 2.73. The van der Waals surface area contributed by atoms with Gasteiger partial charge in [0.2, 0.25) is 5.91 Å². The third kappa shape index (κ3) is 4.76. The van der Waals surface area contributed by atoms with Crippen LogP contribution in [0.3, 0.4) is 0 Å². The molecule has 0 aliphatic carbocycles. The summed E-state index contributed by atoms with van der Waals surface area (Å²) in [7, 11) is 0. The molecule has 0 aliphatic rings. The van der Waals surface area contributed by atoms with E-state index in [9.17, 15) is 19.7 Å². The number of amides is 1. The summed E-state index contributed by atoms with van der Waals surface area (Å²) in [5.41, 5.74) is 2.17. The standard InChI is InChI=1S/C22H16N2O4/c25-21(14-9-16-5-4-8-20(15-16)24(27)28)23-19-12-10-18(11-13-19)22(26)17-6-2-1-3-7-17/h1-15H,(H,23,25). The van der Waals surface area contributed by atoms with Crippen LogP contribution in [0.25, 0.3) is 6.08 Å². The number of non-ortho nitro benzene ring substituents is 1. The summed E-state index contributed by atoms with van der Waals surface area (Å²) in [6.07, 6.45) is 2.79. The third-order valence-corrected chi connectivity index (χ3v) is 3.96. The number of nitrogens with one attached hydrogen (secondary N) is 1. The molecular weight excluding hydrogens is 356 g/mol. The Morgan fingerprint density at radius 1 is 0.857 bits per heavy atom. The molecule has 3 rings (SSSR count). The van der Waals surface area contributed by atoms with Gasteiger partial charge in [0.25, 0.3) is 5.69 Å². The lowest BCUT2D eigenvalue weighted by atomic mass is 10.0. The number of hydrogen-bond donors (Lipinski definition) is 1. The van der Waals surface area contributed by atoms with Crippen molar-refractivity contribution in [2.75, 3.05) is 5.32 Å². The van der Waals surface area contributed by atoms with Crippen molar-refractivity contribution < 1.29 is 14.5 Å². The number of anilines is 1. The number of nitrogens with zero attached hydrogens (tertiary/aromatic N) is 1. The van der Waals surface area contributed by atoms with Gasteiger partial charge in [-0.2, -0.15) is 0 Å². The summed E-state index contributed by atoms with van der Waals surface area (Å²) in [6.45, 7) is 0. The molecule has 3 aromatic carbocycles. The van der Waals surface area contributed by atoms with Crippen LogP contribution in [0.5, 0.6) is 0 Å². The summed E-state index contributed by atoms with van der Waals surface area (Å²) in [6, 6.07) is 21.5. The van der Waals surface area contributed by atoms with Crippen molar-refractivity contribution in [3.05, 3.63) is 112 Å². The van der Waals surface area contributed by atoms with Gasteiger partial charge in [-0.15, -0.1) is 0 Å². The van der Waals surface area contributed by atoms with Crippen molar-refractivity contribution in [3.63, 3.8) is 0 Å². The molecule has 0 bridgehead atoms. The second-order valence-corrected chi connectivity index (χ2v) is 5.95. The van der Waals surface area contributed by atoms with Crippen LogP contribution in [0, 0.1) is 10.1 Å². The van der Waals surface area contributed by atoms with Crippen molar-refractivity contribution >= 4 is 29.1 Å². The summed E-state index contributed by atoms with van der Waals surface area (Å²) >= 11 is 0. The van der Waals surface area contributed by atoms with E-state index >= 15 is 0 Å². The lowest BCUT2D eigenvalue weighted by Gasteiger charge is -2.05. The maximum atomic E-state index is 12.4. The van der Waals surface area contributed by atoms with Gasteiger partial charge in [-0.3, -0.25) is 19.7 Å².